The van der Waals surface area contributed by atoms with Crippen LogP contribution in [0.2, 0.25) is 0 Å². The summed E-state index contributed by atoms with van der Waals surface area (Å²) in [5.74, 6) is 0. The maximum absolute atomic E-state index is 2.33. The quantitative estimate of drug-likeness (QED) is 0.220. The van der Waals surface area contributed by atoms with Gasteiger partial charge in [0.25, 0.3) is 0 Å². The Morgan fingerprint density at radius 1 is 0.708 bits per heavy atom. The van der Waals surface area contributed by atoms with Crippen LogP contribution in [0.15, 0.2) is 24.5 Å². The Bertz CT molecular complexity index is 378. The summed E-state index contributed by atoms with van der Waals surface area (Å²) in [5.41, 5.74) is 1.36. The lowest BCUT2D eigenvalue weighted by Crippen LogP contribution is -3.00. The molecular formula is C22H40IN. The van der Waals surface area contributed by atoms with E-state index in [-0.39, 0.29) is 24.0 Å². The minimum absolute atomic E-state index is 0. The second-order valence-corrected chi connectivity index (χ2v) is 7.22. The van der Waals surface area contributed by atoms with E-state index in [1.165, 1.54) is 102 Å². The van der Waals surface area contributed by atoms with Gasteiger partial charge in [0.1, 0.15) is 6.54 Å². The summed E-state index contributed by atoms with van der Waals surface area (Å²) in [5, 5.41) is 0. The van der Waals surface area contributed by atoms with Crippen molar-refractivity contribution in [2.75, 3.05) is 0 Å². The van der Waals surface area contributed by atoms with Gasteiger partial charge in [-0.3, -0.25) is 0 Å². The van der Waals surface area contributed by atoms with Gasteiger partial charge in [-0.2, -0.15) is 0 Å². The molecule has 0 aliphatic rings. The first-order valence-electron chi connectivity index (χ1n) is 10.3. The maximum Gasteiger partial charge on any atom is 0.171 e. The van der Waals surface area contributed by atoms with Crippen LogP contribution in [-0.4, -0.2) is 0 Å². The molecule has 0 saturated carbocycles. The van der Waals surface area contributed by atoms with Crippen LogP contribution in [0.3, 0.4) is 0 Å². The molecule has 0 saturated heterocycles. The van der Waals surface area contributed by atoms with Crippen molar-refractivity contribution in [3.05, 3.63) is 30.1 Å². The molecule has 0 aliphatic carbocycles. The molecule has 24 heavy (non-hydrogen) atoms. The third-order valence-corrected chi connectivity index (χ3v) is 4.78. The number of rotatable bonds is 15. The molecule has 0 unspecified atom stereocenters. The highest BCUT2D eigenvalue weighted by molar-refractivity contribution is 5.01. The third kappa shape index (κ3) is 14.2. The van der Waals surface area contributed by atoms with Crippen molar-refractivity contribution in [3.63, 3.8) is 0 Å². The number of aryl methyl sites for hydroxylation is 2. The highest BCUT2D eigenvalue weighted by atomic mass is 127. The van der Waals surface area contributed by atoms with Crippen LogP contribution in [0.4, 0.5) is 0 Å². The van der Waals surface area contributed by atoms with Crippen molar-refractivity contribution in [2.45, 2.75) is 110 Å². The van der Waals surface area contributed by atoms with Crippen LogP contribution in [0.5, 0.6) is 0 Å². The number of pyridine rings is 1. The molecule has 1 rings (SSSR count). The molecule has 0 aliphatic heterocycles. The smallest absolute Gasteiger partial charge is 0.171 e. The topological polar surface area (TPSA) is 3.88 Å². The van der Waals surface area contributed by atoms with E-state index < -0.39 is 0 Å². The van der Waals surface area contributed by atoms with Gasteiger partial charge in [-0.15, -0.1) is 0 Å². The van der Waals surface area contributed by atoms with Crippen LogP contribution in [0.25, 0.3) is 0 Å². The molecule has 0 amide bonds. The molecule has 0 bridgehead atoms. The zero-order chi connectivity index (χ0) is 16.6. The second-order valence-electron chi connectivity index (χ2n) is 7.22. The predicted molar refractivity (Wildman–Crippen MR) is 102 cm³/mol. The molecule has 1 heterocycles. The first-order valence-corrected chi connectivity index (χ1v) is 10.3. The fraction of sp³-hybridized carbons (Fsp3) is 0.773. The standard InChI is InChI=1S/C22H40N.HI/c1-3-4-5-6-7-8-9-10-11-12-13-14-15-16-19-23-20-17-18-22(2)21-23;/h17-18,20-21H,3-16,19H2,1-2H3;1H/q+1;/p-1. The van der Waals surface area contributed by atoms with Crippen LogP contribution < -0.4 is 28.5 Å². The van der Waals surface area contributed by atoms with E-state index in [1.807, 2.05) is 0 Å². The lowest BCUT2D eigenvalue weighted by Gasteiger charge is -2.03. The summed E-state index contributed by atoms with van der Waals surface area (Å²) in [6, 6.07) is 4.32. The first kappa shape index (κ1) is 23.9. The number of hydrogen-bond acceptors (Lipinski definition) is 0. The summed E-state index contributed by atoms with van der Waals surface area (Å²) < 4.78 is 2.33. The zero-order valence-corrected chi connectivity index (χ0v) is 18.4. The summed E-state index contributed by atoms with van der Waals surface area (Å²) in [6.07, 6.45) is 24.5. The van der Waals surface area contributed by atoms with Gasteiger partial charge in [0.2, 0.25) is 0 Å². The van der Waals surface area contributed by atoms with E-state index in [1.54, 1.807) is 0 Å². The van der Waals surface area contributed by atoms with Gasteiger partial charge in [0.05, 0.1) is 0 Å². The van der Waals surface area contributed by atoms with Gasteiger partial charge >= 0.3 is 0 Å². The minimum atomic E-state index is 0. The Balaban J connectivity index is 0.00000529. The van der Waals surface area contributed by atoms with Crippen molar-refractivity contribution >= 4 is 0 Å². The Morgan fingerprint density at radius 2 is 1.17 bits per heavy atom. The van der Waals surface area contributed by atoms with Crippen LogP contribution in [0.1, 0.15) is 102 Å². The third-order valence-electron chi connectivity index (χ3n) is 4.78. The molecule has 1 aromatic heterocycles. The van der Waals surface area contributed by atoms with E-state index in [0.717, 1.165) is 0 Å². The van der Waals surface area contributed by atoms with E-state index in [0.29, 0.717) is 0 Å². The SMILES string of the molecule is CCCCCCCCCCCCCCCC[n+]1cccc(C)c1.[I-]. The highest BCUT2D eigenvalue weighted by Gasteiger charge is 2.00. The van der Waals surface area contributed by atoms with Crippen LogP contribution in [-0.2, 0) is 6.54 Å². The van der Waals surface area contributed by atoms with Gasteiger partial charge in [-0.1, -0.05) is 84.0 Å². The molecule has 0 aromatic carbocycles. The highest BCUT2D eigenvalue weighted by Crippen LogP contribution is 2.12. The second kappa shape index (κ2) is 17.7. The van der Waals surface area contributed by atoms with Crippen LogP contribution >= 0.6 is 0 Å². The maximum atomic E-state index is 2.33. The molecule has 140 valence electrons. The number of unbranched alkanes of at least 4 members (excludes halogenated alkanes) is 13. The summed E-state index contributed by atoms with van der Waals surface area (Å²) in [4.78, 5) is 0. The minimum Gasteiger partial charge on any atom is -1.00 e. The van der Waals surface area contributed by atoms with E-state index in [9.17, 15) is 0 Å². The van der Waals surface area contributed by atoms with Crippen LogP contribution in [0, 0.1) is 6.92 Å². The van der Waals surface area contributed by atoms with Crippen molar-refractivity contribution in [3.8, 4) is 0 Å². The first-order chi connectivity index (χ1) is 11.3. The van der Waals surface area contributed by atoms with Gasteiger partial charge in [-0.25, -0.2) is 4.57 Å². The number of aromatic nitrogens is 1. The monoisotopic (exact) mass is 445 g/mol. The Kier molecular flexibility index (Phi) is 17.6. The molecule has 0 radical (unpaired) electrons. The molecule has 0 atom stereocenters. The van der Waals surface area contributed by atoms with Gasteiger partial charge in [0.15, 0.2) is 12.4 Å². The molecule has 1 aromatic rings. The van der Waals surface area contributed by atoms with E-state index in [4.69, 9.17) is 0 Å². The molecule has 0 spiro atoms. The van der Waals surface area contributed by atoms with Gasteiger partial charge in [-0.05, 0) is 19.4 Å². The van der Waals surface area contributed by atoms with Gasteiger partial charge in [0, 0.05) is 18.1 Å². The van der Waals surface area contributed by atoms with E-state index in [2.05, 4.69) is 42.9 Å². The molecular weight excluding hydrogens is 405 g/mol. The normalized spacial score (nSPS) is 10.6. The van der Waals surface area contributed by atoms with Crippen molar-refractivity contribution in [1.29, 1.82) is 0 Å². The molecule has 0 fully saturated rings. The van der Waals surface area contributed by atoms with Crippen molar-refractivity contribution in [2.24, 2.45) is 0 Å². The Labute approximate surface area is 168 Å². The van der Waals surface area contributed by atoms with E-state index >= 15 is 0 Å². The Morgan fingerprint density at radius 3 is 1.62 bits per heavy atom. The number of halogens is 1. The molecule has 1 nitrogen and oxygen atoms in total. The summed E-state index contributed by atoms with van der Waals surface area (Å²) >= 11 is 0. The Hall–Kier alpha value is -0.120. The molecule has 2 heteroatoms. The number of nitrogens with zero attached hydrogens (tertiary/aromatic N) is 1. The lowest BCUT2D eigenvalue weighted by atomic mass is 10.0. The summed E-state index contributed by atoms with van der Waals surface area (Å²) in [7, 11) is 0. The average molecular weight is 445 g/mol. The average Bonchev–Trinajstić information content (AvgIpc) is 2.55. The largest absolute Gasteiger partial charge is 1.00 e. The lowest BCUT2D eigenvalue weighted by molar-refractivity contribution is -0.697. The fourth-order valence-corrected chi connectivity index (χ4v) is 3.28. The fourth-order valence-electron chi connectivity index (χ4n) is 3.28. The number of hydrogen-bond donors (Lipinski definition) is 0. The summed E-state index contributed by atoms with van der Waals surface area (Å²) in [6.45, 7) is 5.64. The zero-order valence-electron chi connectivity index (χ0n) is 16.2. The van der Waals surface area contributed by atoms with Crippen molar-refractivity contribution in [1.82, 2.24) is 0 Å². The molecule has 0 N–H and O–H groups in total. The van der Waals surface area contributed by atoms with Gasteiger partial charge < -0.3 is 24.0 Å². The predicted octanol–water partition coefficient (Wildman–Crippen LogP) is 3.77. The van der Waals surface area contributed by atoms with Crippen molar-refractivity contribution < 1.29 is 28.5 Å².